The van der Waals surface area contributed by atoms with E-state index >= 15 is 0 Å². The van der Waals surface area contributed by atoms with Gasteiger partial charge in [-0.25, -0.2) is 4.68 Å². The number of ether oxygens (including phenoxy) is 1. The zero-order chi connectivity index (χ0) is 14.5. The summed E-state index contributed by atoms with van der Waals surface area (Å²) in [5.74, 6) is -0.0404. The van der Waals surface area contributed by atoms with Crippen LogP contribution in [-0.4, -0.2) is 41.5 Å². The van der Waals surface area contributed by atoms with Gasteiger partial charge in [-0.05, 0) is 24.3 Å². The van der Waals surface area contributed by atoms with Gasteiger partial charge in [0, 0.05) is 31.2 Å². The van der Waals surface area contributed by atoms with E-state index in [2.05, 4.69) is 15.7 Å². The van der Waals surface area contributed by atoms with Crippen molar-refractivity contribution in [1.29, 1.82) is 0 Å². The standard InChI is InChI=1S/C15H18N4O2/c20-15(10-14-11-16-6-8-21-14)18-12-3-1-4-13(9-12)19-7-2-5-17-19/h1-5,7,9,14,16H,6,8,10-11H2,(H,18,20). The highest BCUT2D eigenvalue weighted by Gasteiger charge is 2.17. The quantitative estimate of drug-likeness (QED) is 0.886. The second-order valence-electron chi connectivity index (χ2n) is 4.95. The van der Waals surface area contributed by atoms with Gasteiger partial charge in [-0.2, -0.15) is 5.10 Å². The Bertz CT molecular complexity index is 591. The summed E-state index contributed by atoms with van der Waals surface area (Å²) in [5, 5.41) is 10.3. The third kappa shape index (κ3) is 3.68. The second kappa shape index (κ2) is 6.51. The molecule has 2 heterocycles. The van der Waals surface area contributed by atoms with Crippen LogP contribution in [-0.2, 0) is 9.53 Å². The van der Waals surface area contributed by atoms with Gasteiger partial charge in [0.2, 0.25) is 5.91 Å². The Morgan fingerprint density at radius 1 is 1.48 bits per heavy atom. The van der Waals surface area contributed by atoms with Crippen molar-refractivity contribution in [1.82, 2.24) is 15.1 Å². The number of carbonyl (C=O) groups is 1. The smallest absolute Gasteiger partial charge is 0.227 e. The van der Waals surface area contributed by atoms with E-state index in [0.717, 1.165) is 24.5 Å². The number of morpholine rings is 1. The van der Waals surface area contributed by atoms with Gasteiger partial charge in [0.15, 0.2) is 0 Å². The minimum absolute atomic E-state index is 0.0404. The number of hydrogen-bond acceptors (Lipinski definition) is 4. The predicted octanol–water partition coefficient (Wildman–Crippen LogP) is 1.19. The zero-order valence-corrected chi connectivity index (χ0v) is 11.7. The van der Waals surface area contributed by atoms with Crippen LogP contribution < -0.4 is 10.6 Å². The first kappa shape index (κ1) is 13.8. The Balaban J connectivity index is 1.62. The summed E-state index contributed by atoms with van der Waals surface area (Å²) in [7, 11) is 0. The Kier molecular flexibility index (Phi) is 4.28. The van der Waals surface area contributed by atoms with Gasteiger partial charge < -0.3 is 15.4 Å². The van der Waals surface area contributed by atoms with E-state index in [0.29, 0.717) is 13.0 Å². The normalized spacial score (nSPS) is 18.4. The molecule has 1 aromatic carbocycles. The van der Waals surface area contributed by atoms with E-state index in [1.807, 2.05) is 36.5 Å². The fourth-order valence-corrected chi connectivity index (χ4v) is 2.32. The molecule has 1 saturated heterocycles. The summed E-state index contributed by atoms with van der Waals surface area (Å²) < 4.78 is 7.29. The van der Waals surface area contributed by atoms with E-state index in [-0.39, 0.29) is 12.0 Å². The van der Waals surface area contributed by atoms with Crippen molar-refractivity contribution in [2.75, 3.05) is 25.0 Å². The van der Waals surface area contributed by atoms with Crippen LogP contribution in [0.2, 0.25) is 0 Å². The fraction of sp³-hybridized carbons (Fsp3) is 0.333. The molecule has 6 heteroatoms. The van der Waals surface area contributed by atoms with Crippen LogP contribution >= 0.6 is 0 Å². The summed E-state index contributed by atoms with van der Waals surface area (Å²) in [6, 6.07) is 9.45. The molecule has 1 fully saturated rings. The zero-order valence-electron chi connectivity index (χ0n) is 11.7. The maximum Gasteiger partial charge on any atom is 0.227 e. The predicted molar refractivity (Wildman–Crippen MR) is 79.4 cm³/mol. The Hall–Kier alpha value is -2.18. The van der Waals surface area contributed by atoms with Crippen molar-refractivity contribution in [2.45, 2.75) is 12.5 Å². The van der Waals surface area contributed by atoms with Crippen molar-refractivity contribution in [3.63, 3.8) is 0 Å². The molecule has 0 saturated carbocycles. The van der Waals surface area contributed by atoms with Gasteiger partial charge in [0.25, 0.3) is 0 Å². The highest BCUT2D eigenvalue weighted by molar-refractivity contribution is 5.91. The van der Waals surface area contributed by atoms with Crippen LogP contribution in [0.25, 0.3) is 5.69 Å². The average molecular weight is 286 g/mol. The van der Waals surface area contributed by atoms with E-state index in [4.69, 9.17) is 4.74 Å². The molecule has 0 bridgehead atoms. The van der Waals surface area contributed by atoms with Gasteiger partial charge >= 0.3 is 0 Å². The third-order valence-electron chi connectivity index (χ3n) is 3.32. The minimum Gasteiger partial charge on any atom is -0.375 e. The van der Waals surface area contributed by atoms with E-state index in [9.17, 15) is 4.79 Å². The van der Waals surface area contributed by atoms with Crippen LogP contribution in [0.1, 0.15) is 6.42 Å². The first-order valence-corrected chi connectivity index (χ1v) is 7.03. The number of nitrogens with one attached hydrogen (secondary N) is 2. The number of amides is 1. The summed E-state index contributed by atoms with van der Waals surface area (Å²) in [5.41, 5.74) is 1.67. The highest BCUT2D eigenvalue weighted by Crippen LogP contribution is 2.14. The summed E-state index contributed by atoms with van der Waals surface area (Å²) in [4.78, 5) is 12.0. The lowest BCUT2D eigenvalue weighted by molar-refractivity contribution is -0.119. The van der Waals surface area contributed by atoms with Crippen molar-refractivity contribution < 1.29 is 9.53 Å². The molecule has 1 atom stereocenters. The Morgan fingerprint density at radius 3 is 3.19 bits per heavy atom. The lowest BCUT2D eigenvalue weighted by atomic mass is 10.2. The average Bonchev–Trinajstić information content (AvgIpc) is 3.02. The molecule has 0 spiro atoms. The summed E-state index contributed by atoms with van der Waals surface area (Å²) >= 11 is 0. The number of benzene rings is 1. The topological polar surface area (TPSA) is 68.2 Å². The van der Waals surface area contributed by atoms with Gasteiger partial charge in [-0.3, -0.25) is 4.79 Å². The van der Waals surface area contributed by atoms with E-state index < -0.39 is 0 Å². The minimum atomic E-state index is -0.0481. The van der Waals surface area contributed by atoms with Crippen LogP contribution in [0.5, 0.6) is 0 Å². The summed E-state index contributed by atoms with van der Waals surface area (Å²) in [6.07, 6.45) is 3.90. The van der Waals surface area contributed by atoms with Crippen LogP contribution in [0, 0.1) is 0 Å². The number of nitrogens with zero attached hydrogens (tertiary/aromatic N) is 2. The molecule has 2 N–H and O–H groups in total. The lowest BCUT2D eigenvalue weighted by Gasteiger charge is -2.23. The first-order valence-electron chi connectivity index (χ1n) is 7.03. The molecule has 1 amide bonds. The molecular formula is C15H18N4O2. The van der Waals surface area contributed by atoms with Gasteiger partial charge in [0.1, 0.15) is 0 Å². The summed E-state index contributed by atoms with van der Waals surface area (Å²) in [6.45, 7) is 2.23. The van der Waals surface area contributed by atoms with Gasteiger partial charge in [0.05, 0.1) is 24.8 Å². The Labute approximate surface area is 123 Å². The molecule has 110 valence electrons. The van der Waals surface area contributed by atoms with Gasteiger partial charge in [-0.1, -0.05) is 6.07 Å². The molecular weight excluding hydrogens is 268 g/mol. The van der Waals surface area contributed by atoms with E-state index in [1.54, 1.807) is 10.9 Å². The molecule has 6 nitrogen and oxygen atoms in total. The molecule has 0 radical (unpaired) electrons. The molecule has 1 aliphatic heterocycles. The Morgan fingerprint density at radius 2 is 2.43 bits per heavy atom. The maximum absolute atomic E-state index is 12.0. The number of hydrogen-bond donors (Lipinski definition) is 2. The first-order chi connectivity index (χ1) is 10.3. The van der Waals surface area contributed by atoms with Crippen LogP contribution in [0.15, 0.2) is 42.7 Å². The molecule has 1 aliphatic rings. The number of carbonyl (C=O) groups excluding carboxylic acids is 1. The van der Waals surface area contributed by atoms with Crippen molar-refractivity contribution in [3.8, 4) is 5.69 Å². The molecule has 3 rings (SSSR count). The lowest BCUT2D eigenvalue weighted by Crippen LogP contribution is -2.40. The maximum atomic E-state index is 12.0. The van der Waals surface area contributed by atoms with Crippen LogP contribution in [0.3, 0.4) is 0 Å². The van der Waals surface area contributed by atoms with E-state index in [1.165, 1.54) is 0 Å². The molecule has 2 aromatic rings. The molecule has 1 unspecified atom stereocenters. The molecule has 1 aromatic heterocycles. The van der Waals surface area contributed by atoms with Crippen molar-refractivity contribution >= 4 is 11.6 Å². The van der Waals surface area contributed by atoms with Crippen LogP contribution in [0.4, 0.5) is 5.69 Å². The monoisotopic (exact) mass is 286 g/mol. The number of rotatable bonds is 4. The molecule has 21 heavy (non-hydrogen) atoms. The third-order valence-corrected chi connectivity index (χ3v) is 3.32. The SMILES string of the molecule is O=C(CC1CNCCO1)Nc1cccc(-n2cccn2)c1. The number of anilines is 1. The van der Waals surface area contributed by atoms with Crippen molar-refractivity contribution in [3.05, 3.63) is 42.7 Å². The number of aromatic nitrogens is 2. The van der Waals surface area contributed by atoms with Crippen molar-refractivity contribution in [2.24, 2.45) is 0 Å². The fourth-order valence-electron chi connectivity index (χ4n) is 2.32. The second-order valence-corrected chi connectivity index (χ2v) is 4.95. The molecule has 0 aliphatic carbocycles. The largest absolute Gasteiger partial charge is 0.375 e. The van der Waals surface area contributed by atoms with Gasteiger partial charge in [-0.15, -0.1) is 0 Å². The highest BCUT2D eigenvalue weighted by atomic mass is 16.5.